The van der Waals surface area contributed by atoms with Gasteiger partial charge in [-0.15, -0.1) is 6.42 Å². The molecule has 0 saturated heterocycles. The van der Waals surface area contributed by atoms with Crippen LogP contribution in [0.5, 0.6) is 0 Å². The lowest BCUT2D eigenvalue weighted by Crippen LogP contribution is -2.27. The molecule has 1 heteroatoms. The Kier molecular flexibility index (Phi) is 3.54. The quantitative estimate of drug-likeness (QED) is 0.454. The maximum absolute atomic E-state index is 5.56. The third-order valence-corrected chi connectivity index (χ3v) is 2.57. The molecule has 1 fully saturated rings. The molecule has 0 atom stereocenters. The molecule has 0 aromatic heterocycles. The van der Waals surface area contributed by atoms with Crippen LogP contribution in [0.1, 0.15) is 46.0 Å². The molecule has 0 radical (unpaired) electrons. The van der Waals surface area contributed by atoms with E-state index in [4.69, 9.17) is 6.42 Å². The molecule has 0 amide bonds. The average Bonchev–Trinajstić information content (AvgIpc) is 2.16. The molecule has 72 valence electrons. The molecule has 0 heterocycles. The molecule has 0 spiro atoms. The summed E-state index contributed by atoms with van der Waals surface area (Å²) in [5.41, 5.74) is -0.150. The molecule has 0 aromatic carbocycles. The Morgan fingerprint density at radius 1 is 1.31 bits per heavy atom. The van der Waals surface area contributed by atoms with Gasteiger partial charge in [0.15, 0.2) is 0 Å². The predicted molar refractivity (Wildman–Crippen MR) is 58.0 cm³/mol. The minimum absolute atomic E-state index is 0.150. The van der Waals surface area contributed by atoms with Crippen molar-refractivity contribution >= 4 is 6.21 Å². The van der Waals surface area contributed by atoms with Crippen molar-refractivity contribution in [2.24, 2.45) is 10.9 Å². The number of terminal acetylenes is 1. The normalized spacial score (nSPS) is 22.0. The zero-order chi connectivity index (χ0) is 9.73. The fraction of sp³-hybridized carbons (Fsp3) is 0.750. The van der Waals surface area contributed by atoms with Crippen LogP contribution < -0.4 is 0 Å². The van der Waals surface area contributed by atoms with Crippen molar-refractivity contribution in [3.63, 3.8) is 0 Å². The molecule has 1 aliphatic rings. The Morgan fingerprint density at radius 3 is 2.38 bits per heavy atom. The van der Waals surface area contributed by atoms with Gasteiger partial charge in [-0.2, -0.15) is 0 Å². The molecule has 0 N–H and O–H groups in total. The van der Waals surface area contributed by atoms with E-state index in [0.29, 0.717) is 5.92 Å². The fourth-order valence-electron chi connectivity index (χ4n) is 1.74. The summed E-state index contributed by atoms with van der Waals surface area (Å²) in [7, 11) is 0. The molecule has 13 heavy (non-hydrogen) atoms. The third kappa shape index (κ3) is 2.88. The van der Waals surface area contributed by atoms with Crippen LogP contribution in [0.3, 0.4) is 0 Å². The molecule has 1 saturated carbocycles. The zero-order valence-electron chi connectivity index (χ0n) is 8.71. The smallest absolute Gasteiger partial charge is 0.120 e. The molecule has 0 unspecified atom stereocenters. The van der Waals surface area contributed by atoms with Crippen molar-refractivity contribution in [3.8, 4) is 12.3 Å². The van der Waals surface area contributed by atoms with Gasteiger partial charge >= 0.3 is 0 Å². The molecular weight excluding hydrogens is 158 g/mol. The average molecular weight is 177 g/mol. The Morgan fingerprint density at radius 2 is 1.92 bits per heavy atom. The lowest BCUT2D eigenvalue weighted by atomic mass is 9.83. The Hall–Kier alpha value is -0.770. The van der Waals surface area contributed by atoms with Crippen LogP contribution in [0.2, 0.25) is 0 Å². The second-order valence-corrected chi connectivity index (χ2v) is 4.26. The predicted octanol–water partition coefficient (Wildman–Crippen LogP) is 3.05. The van der Waals surface area contributed by atoms with E-state index in [-0.39, 0.29) is 5.54 Å². The van der Waals surface area contributed by atoms with Crippen LogP contribution in [-0.2, 0) is 0 Å². The van der Waals surface area contributed by atoms with E-state index in [2.05, 4.69) is 24.8 Å². The lowest BCUT2D eigenvalue weighted by molar-refractivity contribution is 0.373. The minimum atomic E-state index is -0.150. The Balaban J connectivity index is 2.64. The van der Waals surface area contributed by atoms with E-state index in [1.165, 1.54) is 19.3 Å². The topological polar surface area (TPSA) is 12.4 Å². The highest BCUT2D eigenvalue weighted by atomic mass is 14.8. The third-order valence-electron chi connectivity index (χ3n) is 2.57. The van der Waals surface area contributed by atoms with Crippen molar-refractivity contribution in [1.29, 1.82) is 0 Å². The van der Waals surface area contributed by atoms with Crippen molar-refractivity contribution in [2.45, 2.75) is 51.5 Å². The van der Waals surface area contributed by atoms with E-state index in [0.717, 1.165) is 12.8 Å². The first-order chi connectivity index (χ1) is 6.18. The summed E-state index contributed by atoms with van der Waals surface area (Å²) in [4.78, 5) is 4.57. The molecule has 0 aliphatic heterocycles. The van der Waals surface area contributed by atoms with Crippen LogP contribution in [-0.4, -0.2) is 11.8 Å². The molecule has 1 aliphatic carbocycles. The van der Waals surface area contributed by atoms with E-state index in [9.17, 15) is 0 Å². The van der Waals surface area contributed by atoms with E-state index in [1.54, 1.807) is 0 Å². The maximum Gasteiger partial charge on any atom is 0.120 e. The minimum Gasteiger partial charge on any atom is -0.278 e. The summed E-state index contributed by atoms with van der Waals surface area (Å²) in [6.45, 7) is 4.27. The molecule has 0 aromatic rings. The number of hydrogen-bond acceptors (Lipinski definition) is 1. The van der Waals surface area contributed by atoms with Crippen molar-refractivity contribution in [1.82, 2.24) is 0 Å². The Bertz CT molecular complexity index is 214. The van der Waals surface area contributed by atoms with Gasteiger partial charge in [0.1, 0.15) is 5.54 Å². The Labute approximate surface area is 81.6 Å². The zero-order valence-corrected chi connectivity index (χ0v) is 8.71. The SMILES string of the molecule is C#CC1(N=CC(C)C)CCCCC1. The van der Waals surface area contributed by atoms with E-state index >= 15 is 0 Å². The molecule has 0 bridgehead atoms. The standard InChI is InChI=1S/C12H19N/c1-4-12(13-10-11(2)3)8-6-5-7-9-12/h1,10-11H,5-9H2,2-3H3. The largest absolute Gasteiger partial charge is 0.278 e. The second-order valence-electron chi connectivity index (χ2n) is 4.26. The highest BCUT2D eigenvalue weighted by Gasteiger charge is 2.28. The second kappa shape index (κ2) is 4.46. The lowest BCUT2D eigenvalue weighted by Gasteiger charge is -2.28. The molecule has 1 nitrogen and oxygen atoms in total. The number of rotatable bonds is 2. The van der Waals surface area contributed by atoms with Gasteiger partial charge in [0.2, 0.25) is 0 Å². The van der Waals surface area contributed by atoms with Gasteiger partial charge in [-0.25, -0.2) is 0 Å². The number of nitrogens with zero attached hydrogens (tertiary/aromatic N) is 1. The van der Waals surface area contributed by atoms with Crippen LogP contribution in [0.4, 0.5) is 0 Å². The highest BCUT2D eigenvalue weighted by molar-refractivity contribution is 5.61. The maximum atomic E-state index is 5.56. The summed E-state index contributed by atoms with van der Waals surface area (Å²) in [6, 6.07) is 0. The number of aliphatic imine (C=N–C) groups is 1. The summed E-state index contributed by atoms with van der Waals surface area (Å²) in [5.74, 6) is 3.38. The number of hydrogen-bond donors (Lipinski definition) is 0. The van der Waals surface area contributed by atoms with E-state index in [1.807, 2.05) is 6.21 Å². The van der Waals surface area contributed by atoms with Crippen LogP contribution >= 0.6 is 0 Å². The first kappa shape index (κ1) is 10.3. The first-order valence-electron chi connectivity index (χ1n) is 5.22. The first-order valence-corrected chi connectivity index (χ1v) is 5.22. The summed E-state index contributed by atoms with van der Waals surface area (Å²) in [5, 5.41) is 0. The van der Waals surface area contributed by atoms with Crippen LogP contribution in [0.25, 0.3) is 0 Å². The van der Waals surface area contributed by atoms with E-state index < -0.39 is 0 Å². The summed E-state index contributed by atoms with van der Waals surface area (Å²) < 4.78 is 0. The molecule has 1 rings (SSSR count). The van der Waals surface area contributed by atoms with Crippen molar-refractivity contribution in [3.05, 3.63) is 0 Å². The van der Waals surface area contributed by atoms with Gasteiger partial charge in [0, 0.05) is 6.21 Å². The van der Waals surface area contributed by atoms with Gasteiger partial charge in [-0.1, -0.05) is 39.0 Å². The van der Waals surface area contributed by atoms with Gasteiger partial charge in [0.05, 0.1) is 0 Å². The van der Waals surface area contributed by atoms with Crippen molar-refractivity contribution in [2.75, 3.05) is 0 Å². The van der Waals surface area contributed by atoms with Crippen molar-refractivity contribution < 1.29 is 0 Å². The van der Waals surface area contributed by atoms with Gasteiger partial charge in [-0.05, 0) is 18.8 Å². The van der Waals surface area contributed by atoms with Crippen LogP contribution in [0, 0.1) is 18.3 Å². The summed E-state index contributed by atoms with van der Waals surface area (Å²) >= 11 is 0. The summed E-state index contributed by atoms with van der Waals surface area (Å²) in [6.07, 6.45) is 13.5. The molecular formula is C12H19N. The van der Waals surface area contributed by atoms with Gasteiger partial charge < -0.3 is 0 Å². The van der Waals surface area contributed by atoms with Gasteiger partial charge in [0.25, 0.3) is 0 Å². The fourth-order valence-corrected chi connectivity index (χ4v) is 1.74. The van der Waals surface area contributed by atoms with Gasteiger partial charge in [-0.3, -0.25) is 4.99 Å². The monoisotopic (exact) mass is 177 g/mol. The van der Waals surface area contributed by atoms with Crippen LogP contribution in [0.15, 0.2) is 4.99 Å². The highest BCUT2D eigenvalue weighted by Crippen LogP contribution is 2.30.